The number of benzene rings is 1. The van der Waals surface area contributed by atoms with E-state index >= 15 is 0 Å². The molecule has 2 unspecified atom stereocenters. The average Bonchev–Trinajstić information content (AvgIpc) is 3.03. The fraction of sp³-hybridized carbons (Fsp3) is 0.625. The van der Waals surface area contributed by atoms with Crippen LogP contribution in [0.1, 0.15) is 29.9 Å². The van der Waals surface area contributed by atoms with E-state index in [0.29, 0.717) is 0 Å². The molecule has 0 aromatic heterocycles. The molecule has 0 bridgehead atoms. The maximum atomic E-state index is 3.51. The molecule has 1 aliphatic carbocycles. The zero-order valence-corrected chi connectivity index (χ0v) is 10.9. The number of hydrogen-bond donors (Lipinski definition) is 1. The van der Waals surface area contributed by atoms with E-state index in [1.165, 1.54) is 44.6 Å². The van der Waals surface area contributed by atoms with Gasteiger partial charge in [0.05, 0.1) is 0 Å². The van der Waals surface area contributed by atoms with Crippen molar-refractivity contribution in [1.82, 2.24) is 10.2 Å². The Bertz CT molecular complexity index is 426. The molecule has 1 N–H and O–H groups in total. The minimum absolute atomic E-state index is 0.882. The first-order chi connectivity index (χ1) is 8.88. The summed E-state index contributed by atoms with van der Waals surface area (Å²) in [7, 11) is 0. The summed E-state index contributed by atoms with van der Waals surface area (Å²) in [5, 5.41) is 3.51. The van der Waals surface area contributed by atoms with Gasteiger partial charge in [-0.1, -0.05) is 24.3 Å². The van der Waals surface area contributed by atoms with Crippen LogP contribution < -0.4 is 5.32 Å². The SMILES string of the molecule is c1cc(CN2CC3CNCC3C2)cc(C2CC2)c1. The third-order valence-corrected chi connectivity index (χ3v) is 4.87. The molecule has 0 amide bonds. The number of hydrogen-bond acceptors (Lipinski definition) is 2. The van der Waals surface area contributed by atoms with Crippen LogP contribution in [0.25, 0.3) is 0 Å². The molecule has 96 valence electrons. The standard InChI is InChI=1S/C16H22N2/c1-2-12(6-14(3-1)13-4-5-13)9-18-10-15-7-17-8-16(15)11-18/h1-3,6,13,15-17H,4-5,7-11H2. The van der Waals surface area contributed by atoms with Gasteiger partial charge in [0.2, 0.25) is 0 Å². The van der Waals surface area contributed by atoms with Crippen molar-refractivity contribution >= 4 is 0 Å². The van der Waals surface area contributed by atoms with Crippen LogP contribution in [0.2, 0.25) is 0 Å². The van der Waals surface area contributed by atoms with E-state index in [2.05, 4.69) is 34.5 Å². The summed E-state index contributed by atoms with van der Waals surface area (Å²) >= 11 is 0. The number of fused-ring (bicyclic) bond motifs is 1. The minimum atomic E-state index is 0.882. The Morgan fingerprint density at radius 2 is 1.89 bits per heavy atom. The topological polar surface area (TPSA) is 15.3 Å². The molecule has 2 heteroatoms. The lowest BCUT2D eigenvalue weighted by Gasteiger charge is -2.17. The van der Waals surface area contributed by atoms with Crippen molar-refractivity contribution in [2.75, 3.05) is 26.2 Å². The van der Waals surface area contributed by atoms with Gasteiger partial charge in [0.15, 0.2) is 0 Å². The Morgan fingerprint density at radius 3 is 2.61 bits per heavy atom. The normalized spacial score (nSPS) is 31.8. The van der Waals surface area contributed by atoms with Gasteiger partial charge in [-0.2, -0.15) is 0 Å². The van der Waals surface area contributed by atoms with E-state index in [-0.39, 0.29) is 0 Å². The Kier molecular flexibility index (Phi) is 2.66. The molecule has 2 nitrogen and oxygen atoms in total. The van der Waals surface area contributed by atoms with Crippen LogP contribution in [-0.4, -0.2) is 31.1 Å². The minimum Gasteiger partial charge on any atom is -0.316 e. The van der Waals surface area contributed by atoms with Gasteiger partial charge in [0, 0.05) is 19.6 Å². The van der Waals surface area contributed by atoms with Gasteiger partial charge in [0.1, 0.15) is 0 Å². The fourth-order valence-electron chi connectivity index (χ4n) is 3.70. The molecule has 18 heavy (non-hydrogen) atoms. The molecule has 3 aliphatic rings. The molecule has 2 atom stereocenters. The lowest BCUT2D eigenvalue weighted by atomic mass is 10.0. The first-order valence-corrected chi connectivity index (χ1v) is 7.40. The predicted octanol–water partition coefficient (Wildman–Crippen LogP) is 2.22. The number of likely N-dealkylation sites (tertiary alicyclic amines) is 1. The number of nitrogens with one attached hydrogen (secondary N) is 1. The zero-order valence-electron chi connectivity index (χ0n) is 10.9. The third kappa shape index (κ3) is 2.08. The Hall–Kier alpha value is -0.860. The van der Waals surface area contributed by atoms with Crippen molar-refractivity contribution in [3.63, 3.8) is 0 Å². The molecular formula is C16H22N2. The average molecular weight is 242 g/mol. The second kappa shape index (κ2) is 4.36. The van der Waals surface area contributed by atoms with Crippen LogP contribution in [0.5, 0.6) is 0 Å². The van der Waals surface area contributed by atoms with E-state index < -0.39 is 0 Å². The van der Waals surface area contributed by atoms with Crippen LogP contribution in [0, 0.1) is 11.8 Å². The molecular weight excluding hydrogens is 220 g/mol. The van der Waals surface area contributed by atoms with Gasteiger partial charge in [-0.05, 0) is 54.8 Å². The zero-order chi connectivity index (χ0) is 11.9. The second-order valence-electron chi connectivity index (χ2n) is 6.39. The summed E-state index contributed by atoms with van der Waals surface area (Å²) < 4.78 is 0. The Balaban J connectivity index is 1.43. The van der Waals surface area contributed by atoms with E-state index in [0.717, 1.165) is 24.3 Å². The van der Waals surface area contributed by atoms with Crippen LogP contribution in [0.3, 0.4) is 0 Å². The molecule has 0 spiro atoms. The van der Waals surface area contributed by atoms with Gasteiger partial charge in [-0.15, -0.1) is 0 Å². The van der Waals surface area contributed by atoms with Crippen molar-refractivity contribution in [2.24, 2.45) is 11.8 Å². The molecule has 1 aromatic rings. The van der Waals surface area contributed by atoms with E-state index in [1.54, 1.807) is 5.56 Å². The molecule has 1 saturated carbocycles. The molecule has 4 rings (SSSR count). The van der Waals surface area contributed by atoms with Gasteiger partial charge in [0.25, 0.3) is 0 Å². The summed E-state index contributed by atoms with van der Waals surface area (Å²) in [5.41, 5.74) is 3.10. The van der Waals surface area contributed by atoms with Gasteiger partial charge in [-0.25, -0.2) is 0 Å². The van der Waals surface area contributed by atoms with Gasteiger partial charge in [-0.3, -0.25) is 4.90 Å². The first-order valence-electron chi connectivity index (χ1n) is 7.40. The van der Waals surface area contributed by atoms with E-state index in [4.69, 9.17) is 0 Å². The number of rotatable bonds is 3. The van der Waals surface area contributed by atoms with Crippen LogP contribution >= 0.6 is 0 Å². The highest BCUT2D eigenvalue weighted by atomic mass is 15.2. The van der Waals surface area contributed by atoms with Crippen molar-refractivity contribution in [2.45, 2.75) is 25.3 Å². The molecule has 2 saturated heterocycles. The van der Waals surface area contributed by atoms with Crippen LogP contribution in [0.15, 0.2) is 24.3 Å². The highest BCUT2D eigenvalue weighted by Gasteiger charge is 2.35. The summed E-state index contributed by atoms with van der Waals surface area (Å²) in [6.45, 7) is 6.23. The Morgan fingerprint density at radius 1 is 1.11 bits per heavy atom. The van der Waals surface area contributed by atoms with Gasteiger partial charge < -0.3 is 5.32 Å². The lowest BCUT2D eigenvalue weighted by Crippen LogP contribution is -2.25. The largest absolute Gasteiger partial charge is 0.316 e. The molecule has 0 radical (unpaired) electrons. The van der Waals surface area contributed by atoms with Crippen molar-refractivity contribution in [1.29, 1.82) is 0 Å². The summed E-state index contributed by atoms with van der Waals surface area (Å²) in [5.74, 6) is 2.71. The maximum absolute atomic E-state index is 3.51. The summed E-state index contributed by atoms with van der Waals surface area (Å²) in [4.78, 5) is 2.65. The molecule has 2 aliphatic heterocycles. The van der Waals surface area contributed by atoms with Crippen molar-refractivity contribution < 1.29 is 0 Å². The van der Waals surface area contributed by atoms with E-state index in [9.17, 15) is 0 Å². The summed E-state index contributed by atoms with van der Waals surface area (Å²) in [6.07, 6.45) is 2.81. The summed E-state index contributed by atoms with van der Waals surface area (Å²) in [6, 6.07) is 9.31. The van der Waals surface area contributed by atoms with Crippen LogP contribution in [-0.2, 0) is 6.54 Å². The van der Waals surface area contributed by atoms with Crippen molar-refractivity contribution in [3.05, 3.63) is 35.4 Å². The fourth-order valence-corrected chi connectivity index (χ4v) is 3.70. The highest BCUT2D eigenvalue weighted by molar-refractivity contribution is 5.29. The lowest BCUT2D eigenvalue weighted by molar-refractivity contribution is 0.305. The Labute approximate surface area is 109 Å². The number of nitrogens with zero attached hydrogens (tertiary/aromatic N) is 1. The molecule has 3 fully saturated rings. The molecule has 1 aromatic carbocycles. The molecule has 2 heterocycles. The first kappa shape index (κ1) is 11.0. The smallest absolute Gasteiger partial charge is 0.0234 e. The van der Waals surface area contributed by atoms with Crippen molar-refractivity contribution in [3.8, 4) is 0 Å². The maximum Gasteiger partial charge on any atom is 0.0234 e. The van der Waals surface area contributed by atoms with E-state index in [1.807, 2.05) is 0 Å². The second-order valence-corrected chi connectivity index (χ2v) is 6.39. The predicted molar refractivity (Wildman–Crippen MR) is 73.5 cm³/mol. The van der Waals surface area contributed by atoms with Gasteiger partial charge >= 0.3 is 0 Å². The third-order valence-electron chi connectivity index (χ3n) is 4.87. The monoisotopic (exact) mass is 242 g/mol. The van der Waals surface area contributed by atoms with Crippen LogP contribution in [0.4, 0.5) is 0 Å². The quantitative estimate of drug-likeness (QED) is 0.874. The highest BCUT2D eigenvalue weighted by Crippen LogP contribution is 2.40.